The Morgan fingerprint density at radius 1 is 1.47 bits per heavy atom. The number of nitrogens with zero attached hydrogens (tertiary/aromatic N) is 5. The van der Waals surface area contributed by atoms with Crippen molar-refractivity contribution >= 4 is 5.69 Å². The summed E-state index contributed by atoms with van der Waals surface area (Å²) in [5.41, 5.74) is 0.644. The second kappa shape index (κ2) is 4.08. The predicted octanol–water partition coefficient (Wildman–Crippen LogP) is 1.90. The molecule has 7 nitrogen and oxygen atoms in total. The number of aryl methyl sites for hydroxylation is 1. The minimum atomic E-state index is -0.818. The van der Waals surface area contributed by atoms with Gasteiger partial charge in [-0.2, -0.15) is 9.07 Å². The summed E-state index contributed by atoms with van der Waals surface area (Å²) in [6, 6.07) is 2.43. The molecule has 0 saturated heterocycles. The second-order valence-electron chi connectivity index (χ2n) is 4.53. The molecule has 0 radical (unpaired) electrons. The Hall–Kier alpha value is -2.38. The molecule has 0 spiro atoms. The van der Waals surface area contributed by atoms with E-state index in [-0.39, 0.29) is 5.92 Å². The van der Waals surface area contributed by atoms with E-state index in [0.29, 0.717) is 11.5 Å². The fourth-order valence-electron chi connectivity index (χ4n) is 2.07. The van der Waals surface area contributed by atoms with Crippen molar-refractivity contribution in [3.05, 3.63) is 39.5 Å². The molecule has 2 aromatic rings. The van der Waals surface area contributed by atoms with Crippen LogP contribution in [0.5, 0.6) is 0 Å². The van der Waals surface area contributed by atoms with Gasteiger partial charge in [-0.05, 0) is 47.7 Å². The molecule has 0 unspecified atom stereocenters. The third kappa shape index (κ3) is 1.94. The zero-order valence-corrected chi connectivity index (χ0v) is 10.1. The third-order valence-corrected chi connectivity index (χ3v) is 3.16. The molecule has 0 N–H and O–H groups in total. The standard InChI is InChI=1S/C11H10FN5O2/c1-6-13-14-15-16(6)10-5-11(17(18)19)9(12)4-8(10)7-2-3-7/h4-5,7H,2-3H2,1H3. The van der Waals surface area contributed by atoms with Crippen LogP contribution in [0.3, 0.4) is 0 Å². The van der Waals surface area contributed by atoms with Crippen molar-refractivity contribution in [2.24, 2.45) is 0 Å². The zero-order valence-electron chi connectivity index (χ0n) is 10.1. The molecule has 19 heavy (non-hydrogen) atoms. The molecule has 1 aromatic heterocycles. The van der Waals surface area contributed by atoms with Gasteiger partial charge in [0, 0.05) is 6.07 Å². The van der Waals surface area contributed by atoms with Gasteiger partial charge in [0.1, 0.15) is 0 Å². The highest BCUT2D eigenvalue weighted by molar-refractivity contribution is 5.52. The van der Waals surface area contributed by atoms with Gasteiger partial charge in [0.25, 0.3) is 0 Å². The Labute approximate surface area is 107 Å². The molecule has 8 heteroatoms. The van der Waals surface area contributed by atoms with Crippen molar-refractivity contribution in [1.82, 2.24) is 20.2 Å². The molecule has 0 bridgehead atoms. The van der Waals surface area contributed by atoms with E-state index in [1.165, 1.54) is 16.8 Å². The highest BCUT2D eigenvalue weighted by atomic mass is 19.1. The fourth-order valence-corrected chi connectivity index (χ4v) is 2.07. The summed E-state index contributed by atoms with van der Waals surface area (Å²) in [7, 11) is 0. The lowest BCUT2D eigenvalue weighted by molar-refractivity contribution is -0.387. The van der Waals surface area contributed by atoms with E-state index in [1.807, 2.05) is 0 Å². The summed E-state index contributed by atoms with van der Waals surface area (Å²) in [5, 5.41) is 21.9. The van der Waals surface area contributed by atoms with Gasteiger partial charge < -0.3 is 0 Å². The Morgan fingerprint density at radius 3 is 2.74 bits per heavy atom. The number of nitro benzene ring substituents is 1. The highest BCUT2D eigenvalue weighted by Crippen LogP contribution is 2.44. The van der Waals surface area contributed by atoms with Crippen LogP contribution in [0.2, 0.25) is 0 Å². The molecule has 3 rings (SSSR count). The van der Waals surface area contributed by atoms with E-state index in [9.17, 15) is 14.5 Å². The van der Waals surface area contributed by atoms with Gasteiger partial charge in [-0.1, -0.05) is 0 Å². The molecular weight excluding hydrogens is 253 g/mol. The number of hydrogen-bond acceptors (Lipinski definition) is 5. The molecular formula is C11H10FN5O2. The monoisotopic (exact) mass is 263 g/mol. The summed E-state index contributed by atoms with van der Waals surface area (Å²) in [4.78, 5) is 10.1. The van der Waals surface area contributed by atoms with Gasteiger partial charge in [-0.3, -0.25) is 10.1 Å². The van der Waals surface area contributed by atoms with Gasteiger partial charge in [0.05, 0.1) is 10.6 Å². The fraction of sp³-hybridized carbons (Fsp3) is 0.364. The largest absolute Gasteiger partial charge is 0.306 e. The lowest BCUT2D eigenvalue weighted by Gasteiger charge is -2.09. The molecule has 1 aliphatic rings. The van der Waals surface area contributed by atoms with Crippen LogP contribution in [0.1, 0.15) is 30.1 Å². The van der Waals surface area contributed by atoms with E-state index in [1.54, 1.807) is 6.92 Å². The van der Waals surface area contributed by atoms with Crippen LogP contribution in [-0.4, -0.2) is 25.1 Å². The molecule has 1 aliphatic carbocycles. The van der Waals surface area contributed by atoms with Crippen molar-refractivity contribution in [3.8, 4) is 5.69 Å². The van der Waals surface area contributed by atoms with Crippen LogP contribution < -0.4 is 0 Å². The summed E-state index contributed by atoms with van der Waals surface area (Å²) in [6.07, 6.45) is 1.90. The highest BCUT2D eigenvalue weighted by Gasteiger charge is 2.31. The van der Waals surface area contributed by atoms with E-state index >= 15 is 0 Å². The third-order valence-electron chi connectivity index (χ3n) is 3.16. The molecule has 0 amide bonds. The average molecular weight is 263 g/mol. The topological polar surface area (TPSA) is 86.7 Å². The molecule has 98 valence electrons. The Morgan fingerprint density at radius 2 is 2.21 bits per heavy atom. The first kappa shape index (κ1) is 11.7. The van der Waals surface area contributed by atoms with Crippen molar-refractivity contribution in [2.45, 2.75) is 25.7 Å². The van der Waals surface area contributed by atoms with Gasteiger partial charge in [0.2, 0.25) is 5.82 Å². The van der Waals surface area contributed by atoms with Gasteiger partial charge >= 0.3 is 5.69 Å². The van der Waals surface area contributed by atoms with Crippen LogP contribution in [-0.2, 0) is 0 Å². The van der Waals surface area contributed by atoms with Crippen molar-refractivity contribution in [2.75, 3.05) is 0 Å². The van der Waals surface area contributed by atoms with Crippen LogP contribution in [0.4, 0.5) is 10.1 Å². The van der Waals surface area contributed by atoms with Crippen LogP contribution in [0.15, 0.2) is 12.1 Å². The summed E-state index contributed by atoms with van der Waals surface area (Å²) < 4.78 is 15.1. The Kier molecular flexibility index (Phi) is 2.51. The minimum Gasteiger partial charge on any atom is -0.258 e. The van der Waals surface area contributed by atoms with Crippen molar-refractivity contribution in [1.29, 1.82) is 0 Å². The molecule has 0 atom stereocenters. The lowest BCUT2D eigenvalue weighted by Crippen LogP contribution is -2.06. The number of rotatable bonds is 3. The average Bonchev–Trinajstić information content (AvgIpc) is 3.12. The summed E-state index contributed by atoms with van der Waals surface area (Å²) in [6.45, 7) is 1.69. The molecule has 1 aromatic carbocycles. The summed E-state index contributed by atoms with van der Waals surface area (Å²) >= 11 is 0. The first-order chi connectivity index (χ1) is 9.08. The maximum Gasteiger partial charge on any atom is 0.306 e. The minimum absolute atomic E-state index is 0.230. The Bertz CT molecular complexity index is 665. The predicted molar refractivity (Wildman–Crippen MR) is 62.5 cm³/mol. The summed E-state index contributed by atoms with van der Waals surface area (Å²) in [5.74, 6) is -0.0851. The quantitative estimate of drug-likeness (QED) is 0.623. The molecule has 0 aliphatic heterocycles. The lowest BCUT2D eigenvalue weighted by atomic mass is 10.1. The first-order valence-corrected chi connectivity index (χ1v) is 5.81. The maximum absolute atomic E-state index is 13.7. The van der Waals surface area contributed by atoms with E-state index in [4.69, 9.17) is 0 Å². The SMILES string of the molecule is Cc1nnnn1-c1cc([N+](=O)[O-])c(F)cc1C1CC1. The smallest absolute Gasteiger partial charge is 0.258 e. The van der Waals surface area contributed by atoms with E-state index in [2.05, 4.69) is 15.5 Å². The number of aromatic nitrogens is 4. The van der Waals surface area contributed by atoms with Gasteiger partial charge in [0.15, 0.2) is 5.82 Å². The normalized spacial score (nSPS) is 14.6. The second-order valence-corrected chi connectivity index (χ2v) is 4.53. The zero-order chi connectivity index (χ0) is 13.6. The number of halogens is 1. The molecule has 1 fully saturated rings. The maximum atomic E-state index is 13.7. The van der Waals surface area contributed by atoms with E-state index < -0.39 is 16.4 Å². The van der Waals surface area contributed by atoms with Crippen LogP contribution in [0.25, 0.3) is 5.69 Å². The number of hydrogen-bond donors (Lipinski definition) is 0. The van der Waals surface area contributed by atoms with E-state index in [0.717, 1.165) is 18.4 Å². The van der Waals surface area contributed by atoms with Crippen LogP contribution >= 0.6 is 0 Å². The number of benzene rings is 1. The molecule has 1 saturated carbocycles. The Balaban J connectivity index is 2.23. The first-order valence-electron chi connectivity index (χ1n) is 5.81. The van der Waals surface area contributed by atoms with Crippen molar-refractivity contribution in [3.63, 3.8) is 0 Å². The van der Waals surface area contributed by atoms with Gasteiger partial charge in [-0.15, -0.1) is 5.10 Å². The van der Waals surface area contributed by atoms with Gasteiger partial charge in [-0.25, -0.2) is 0 Å². The van der Waals surface area contributed by atoms with Crippen molar-refractivity contribution < 1.29 is 9.31 Å². The number of nitro groups is 1. The van der Waals surface area contributed by atoms with Crippen LogP contribution in [0, 0.1) is 22.9 Å². The number of tetrazole rings is 1. The molecule has 1 heterocycles.